The molecule has 0 aromatic carbocycles. The summed E-state index contributed by atoms with van der Waals surface area (Å²) >= 11 is 0. The molecule has 16 heavy (non-hydrogen) atoms. The standard InChI is InChI=1S/C13H29N3/c1-5-15(3)11-8-14-12(2)13-6-9-16(4)10-7-13/h12-14H,5-11H2,1-4H3. The maximum atomic E-state index is 3.67. The molecule has 0 aliphatic carbocycles. The van der Waals surface area contributed by atoms with Crippen molar-refractivity contribution in [2.45, 2.75) is 32.7 Å². The molecular weight excluding hydrogens is 198 g/mol. The molecule has 1 aliphatic heterocycles. The number of rotatable bonds is 6. The molecule has 0 aromatic rings. The van der Waals surface area contributed by atoms with Gasteiger partial charge in [0.25, 0.3) is 0 Å². The molecule has 0 radical (unpaired) electrons. The van der Waals surface area contributed by atoms with Crippen molar-refractivity contribution in [1.29, 1.82) is 0 Å². The molecule has 3 heteroatoms. The molecule has 1 fully saturated rings. The Balaban J connectivity index is 2.12. The van der Waals surface area contributed by atoms with Gasteiger partial charge in [0.1, 0.15) is 0 Å². The summed E-state index contributed by atoms with van der Waals surface area (Å²) in [5.74, 6) is 0.878. The van der Waals surface area contributed by atoms with E-state index >= 15 is 0 Å². The molecule has 3 nitrogen and oxygen atoms in total. The van der Waals surface area contributed by atoms with Crippen molar-refractivity contribution in [2.75, 3.05) is 46.8 Å². The Kier molecular flexibility index (Phi) is 6.32. The number of hydrogen-bond donors (Lipinski definition) is 1. The van der Waals surface area contributed by atoms with Gasteiger partial charge in [-0.05, 0) is 59.4 Å². The summed E-state index contributed by atoms with van der Waals surface area (Å²) < 4.78 is 0. The zero-order valence-corrected chi connectivity index (χ0v) is 11.5. The smallest absolute Gasteiger partial charge is 0.0104 e. The van der Waals surface area contributed by atoms with Crippen LogP contribution in [0.2, 0.25) is 0 Å². The van der Waals surface area contributed by atoms with Crippen molar-refractivity contribution in [1.82, 2.24) is 15.1 Å². The quantitative estimate of drug-likeness (QED) is 0.737. The molecule has 0 saturated carbocycles. The topological polar surface area (TPSA) is 18.5 Å². The van der Waals surface area contributed by atoms with Gasteiger partial charge in [-0.3, -0.25) is 0 Å². The van der Waals surface area contributed by atoms with Crippen LogP contribution in [0.1, 0.15) is 26.7 Å². The highest BCUT2D eigenvalue weighted by Gasteiger charge is 2.21. The molecule has 1 heterocycles. The van der Waals surface area contributed by atoms with Crippen molar-refractivity contribution in [3.63, 3.8) is 0 Å². The lowest BCUT2D eigenvalue weighted by Gasteiger charge is -2.33. The number of hydrogen-bond acceptors (Lipinski definition) is 3. The summed E-state index contributed by atoms with van der Waals surface area (Å²) in [5, 5.41) is 3.67. The first-order chi connectivity index (χ1) is 7.63. The monoisotopic (exact) mass is 227 g/mol. The van der Waals surface area contributed by atoms with E-state index in [2.05, 4.69) is 43.1 Å². The highest BCUT2D eigenvalue weighted by Crippen LogP contribution is 2.19. The van der Waals surface area contributed by atoms with Crippen LogP contribution in [0.5, 0.6) is 0 Å². The van der Waals surface area contributed by atoms with Gasteiger partial charge in [0.2, 0.25) is 0 Å². The van der Waals surface area contributed by atoms with Crippen molar-refractivity contribution in [3.05, 3.63) is 0 Å². The highest BCUT2D eigenvalue weighted by molar-refractivity contribution is 4.78. The fraction of sp³-hybridized carbons (Fsp3) is 1.00. The Morgan fingerprint density at radius 2 is 2.00 bits per heavy atom. The second-order valence-corrected chi connectivity index (χ2v) is 5.28. The van der Waals surface area contributed by atoms with Crippen LogP contribution in [0, 0.1) is 5.92 Å². The maximum absolute atomic E-state index is 3.67. The maximum Gasteiger partial charge on any atom is 0.0104 e. The molecule has 0 bridgehead atoms. The van der Waals surface area contributed by atoms with E-state index in [1.807, 2.05) is 0 Å². The largest absolute Gasteiger partial charge is 0.313 e. The van der Waals surface area contributed by atoms with E-state index < -0.39 is 0 Å². The lowest BCUT2D eigenvalue weighted by molar-refractivity contribution is 0.188. The molecule has 0 aromatic heterocycles. The van der Waals surface area contributed by atoms with Crippen LogP contribution in [0.4, 0.5) is 0 Å². The Morgan fingerprint density at radius 3 is 2.56 bits per heavy atom. The molecule has 1 atom stereocenters. The first-order valence-electron chi connectivity index (χ1n) is 6.74. The van der Waals surface area contributed by atoms with E-state index in [1.165, 1.54) is 25.9 Å². The van der Waals surface area contributed by atoms with Gasteiger partial charge in [0, 0.05) is 19.1 Å². The summed E-state index contributed by atoms with van der Waals surface area (Å²) in [6, 6.07) is 0.680. The predicted octanol–water partition coefficient (Wildman–Crippen LogP) is 1.26. The second kappa shape index (κ2) is 7.25. The number of likely N-dealkylation sites (tertiary alicyclic amines) is 1. The Hall–Kier alpha value is -0.120. The summed E-state index contributed by atoms with van der Waals surface area (Å²) in [7, 11) is 4.41. The molecule has 1 N–H and O–H groups in total. The van der Waals surface area contributed by atoms with Crippen LogP contribution in [0.3, 0.4) is 0 Å². The van der Waals surface area contributed by atoms with E-state index in [9.17, 15) is 0 Å². The highest BCUT2D eigenvalue weighted by atomic mass is 15.1. The van der Waals surface area contributed by atoms with Gasteiger partial charge in [-0.2, -0.15) is 0 Å². The normalized spacial score (nSPS) is 21.6. The van der Waals surface area contributed by atoms with Gasteiger partial charge in [0.15, 0.2) is 0 Å². The van der Waals surface area contributed by atoms with Crippen LogP contribution in [-0.4, -0.2) is 62.7 Å². The van der Waals surface area contributed by atoms with Crippen LogP contribution in [0.25, 0.3) is 0 Å². The lowest BCUT2D eigenvalue weighted by Crippen LogP contribution is -2.42. The lowest BCUT2D eigenvalue weighted by atomic mass is 9.90. The Bertz CT molecular complexity index is 176. The zero-order valence-electron chi connectivity index (χ0n) is 11.5. The fourth-order valence-corrected chi connectivity index (χ4v) is 2.34. The van der Waals surface area contributed by atoms with Gasteiger partial charge in [0.05, 0.1) is 0 Å². The number of piperidine rings is 1. The van der Waals surface area contributed by atoms with Crippen LogP contribution in [0.15, 0.2) is 0 Å². The van der Waals surface area contributed by atoms with Crippen molar-refractivity contribution >= 4 is 0 Å². The first kappa shape index (κ1) is 13.9. The van der Waals surface area contributed by atoms with Crippen LogP contribution < -0.4 is 5.32 Å². The van der Waals surface area contributed by atoms with E-state index in [0.29, 0.717) is 6.04 Å². The SMILES string of the molecule is CCN(C)CCNC(C)C1CCN(C)CC1. The summed E-state index contributed by atoms with van der Waals surface area (Å²) in [6.45, 7) is 10.5. The number of likely N-dealkylation sites (N-methyl/N-ethyl adjacent to an activating group) is 1. The Morgan fingerprint density at radius 1 is 1.38 bits per heavy atom. The third kappa shape index (κ3) is 4.81. The summed E-state index contributed by atoms with van der Waals surface area (Å²) in [6.07, 6.45) is 2.71. The summed E-state index contributed by atoms with van der Waals surface area (Å²) in [4.78, 5) is 4.79. The van der Waals surface area contributed by atoms with Crippen LogP contribution >= 0.6 is 0 Å². The van der Waals surface area contributed by atoms with E-state index in [1.54, 1.807) is 0 Å². The molecule has 1 unspecified atom stereocenters. The molecule has 1 rings (SSSR count). The van der Waals surface area contributed by atoms with Crippen molar-refractivity contribution in [3.8, 4) is 0 Å². The third-order valence-corrected chi connectivity index (χ3v) is 3.97. The fourth-order valence-electron chi connectivity index (χ4n) is 2.34. The second-order valence-electron chi connectivity index (χ2n) is 5.28. The zero-order chi connectivity index (χ0) is 12.0. The number of nitrogens with one attached hydrogen (secondary N) is 1. The van der Waals surface area contributed by atoms with Gasteiger partial charge >= 0.3 is 0 Å². The Labute approximate surface area is 101 Å². The number of nitrogens with zero attached hydrogens (tertiary/aromatic N) is 2. The van der Waals surface area contributed by atoms with Crippen molar-refractivity contribution < 1.29 is 0 Å². The van der Waals surface area contributed by atoms with Crippen molar-refractivity contribution in [2.24, 2.45) is 5.92 Å². The molecular formula is C13H29N3. The molecule has 1 aliphatic rings. The van der Waals surface area contributed by atoms with Gasteiger partial charge in [-0.15, -0.1) is 0 Å². The average molecular weight is 227 g/mol. The van der Waals surface area contributed by atoms with Gasteiger partial charge in [-0.1, -0.05) is 6.92 Å². The van der Waals surface area contributed by atoms with E-state index in [-0.39, 0.29) is 0 Å². The first-order valence-corrected chi connectivity index (χ1v) is 6.74. The minimum absolute atomic E-state index is 0.680. The molecule has 1 saturated heterocycles. The minimum atomic E-state index is 0.680. The van der Waals surface area contributed by atoms with Crippen LogP contribution in [-0.2, 0) is 0 Å². The molecule has 0 amide bonds. The molecule has 0 spiro atoms. The summed E-state index contributed by atoms with van der Waals surface area (Å²) in [5.41, 5.74) is 0. The van der Waals surface area contributed by atoms with Gasteiger partial charge < -0.3 is 15.1 Å². The predicted molar refractivity (Wildman–Crippen MR) is 70.9 cm³/mol. The molecule has 96 valence electrons. The average Bonchev–Trinajstić information content (AvgIpc) is 2.29. The van der Waals surface area contributed by atoms with Gasteiger partial charge in [-0.25, -0.2) is 0 Å². The van der Waals surface area contributed by atoms with E-state index in [4.69, 9.17) is 0 Å². The third-order valence-electron chi connectivity index (χ3n) is 3.97. The minimum Gasteiger partial charge on any atom is -0.313 e. The van der Waals surface area contributed by atoms with E-state index in [0.717, 1.165) is 25.6 Å².